The lowest BCUT2D eigenvalue weighted by molar-refractivity contribution is 0.122. The van der Waals surface area contributed by atoms with E-state index < -0.39 is 0 Å². The van der Waals surface area contributed by atoms with Crippen LogP contribution >= 0.6 is 0 Å². The van der Waals surface area contributed by atoms with Crippen LogP contribution in [0.1, 0.15) is 5.56 Å². The van der Waals surface area contributed by atoms with Crippen molar-refractivity contribution in [1.82, 2.24) is 0 Å². The van der Waals surface area contributed by atoms with Crippen molar-refractivity contribution in [3.63, 3.8) is 0 Å². The smallest absolute Gasteiger partial charge is 0.211 e. The molecule has 6 heteroatoms. The fourth-order valence-corrected chi connectivity index (χ4v) is 1.75. The molecule has 0 radical (unpaired) electrons. The highest BCUT2D eigenvalue weighted by Gasteiger charge is 2.10. The number of nitrogens with zero attached hydrogens (tertiary/aromatic N) is 3. The Bertz CT molecular complexity index is 430. The van der Waals surface area contributed by atoms with E-state index in [1.807, 2.05) is 12.1 Å². The van der Waals surface area contributed by atoms with Crippen LogP contribution in [0, 0.1) is 0 Å². The van der Waals surface area contributed by atoms with Gasteiger partial charge in [0.05, 0.1) is 19.4 Å². The standard InChI is InChI=1S/C12H17N5O/c13-12(14)16-15-9-10-1-3-11(4-2-10)17-5-7-18-8-6-17/h1-4,9H,5-8H2,(H4,13,14,16)/b15-9+. The lowest BCUT2D eigenvalue weighted by atomic mass is 10.2. The van der Waals surface area contributed by atoms with Gasteiger partial charge in [-0.3, -0.25) is 0 Å². The topological polar surface area (TPSA) is 89.2 Å². The highest BCUT2D eigenvalue weighted by atomic mass is 16.5. The van der Waals surface area contributed by atoms with E-state index in [-0.39, 0.29) is 5.96 Å². The van der Waals surface area contributed by atoms with E-state index in [9.17, 15) is 0 Å². The molecule has 0 amide bonds. The second-order valence-electron chi connectivity index (χ2n) is 3.96. The predicted molar refractivity (Wildman–Crippen MR) is 72.9 cm³/mol. The number of hydrogen-bond donors (Lipinski definition) is 2. The van der Waals surface area contributed by atoms with Crippen LogP contribution < -0.4 is 16.4 Å². The molecule has 96 valence electrons. The number of nitrogens with two attached hydrogens (primary N) is 2. The van der Waals surface area contributed by atoms with Crippen LogP contribution in [0.3, 0.4) is 0 Å². The Morgan fingerprint density at radius 2 is 1.83 bits per heavy atom. The zero-order valence-electron chi connectivity index (χ0n) is 10.1. The van der Waals surface area contributed by atoms with E-state index in [4.69, 9.17) is 16.2 Å². The van der Waals surface area contributed by atoms with Crippen LogP contribution in [-0.4, -0.2) is 38.5 Å². The number of guanidine groups is 1. The number of ether oxygens (including phenoxy) is 1. The summed E-state index contributed by atoms with van der Waals surface area (Å²) in [5.41, 5.74) is 12.5. The maximum absolute atomic E-state index is 5.32. The summed E-state index contributed by atoms with van der Waals surface area (Å²) in [6, 6.07) is 8.08. The average molecular weight is 247 g/mol. The molecule has 0 bridgehead atoms. The van der Waals surface area contributed by atoms with Crippen molar-refractivity contribution >= 4 is 17.9 Å². The van der Waals surface area contributed by atoms with E-state index in [1.165, 1.54) is 5.69 Å². The zero-order valence-corrected chi connectivity index (χ0v) is 10.1. The molecule has 0 aliphatic carbocycles. The monoisotopic (exact) mass is 247 g/mol. The molecular formula is C12H17N5O. The molecule has 1 aromatic carbocycles. The van der Waals surface area contributed by atoms with Gasteiger partial charge in [-0.2, -0.15) is 5.10 Å². The molecule has 0 unspecified atom stereocenters. The minimum absolute atomic E-state index is 0.0452. The predicted octanol–water partition coefficient (Wildman–Crippen LogP) is 0.131. The minimum Gasteiger partial charge on any atom is -0.378 e. The lowest BCUT2D eigenvalue weighted by Gasteiger charge is -2.28. The minimum atomic E-state index is -0.0452. The molecule has 1 aliphatic heterocycles. The number of benzene rings is 1. The Morgan fingerprint density at radius 3 is 2.44 bits per heavy atom. The van der Waals surface area contributed by atoms with Gasteiger partial charge in [0.15, 0.2) is 0 Å². The van der Waals surface area contributed by atoms with Crippen LogP contribution in [0.15, 0.2) is 34.5 Å². The van der Waals surface area contributed by atoms with E-state index in [2.05, 4.69) is 27.2 Å². The summed E-state index contributed by atoms with van der Waals surface area (Å²) in [6.45, 7) is 3.43. The van der Waals surface area contributed by atoms with Gasteiger partial charge in [0.2, 0.25) is 5.96 Å². The summed E-state index contributed by atoms with van der Waals surface area (Å²) >= 11 is 0. The summed E-state index contributed by atoms with van der Waals surface area (Å²) in [5.74, 6) is -0.0452. The SMILES string of the molecule is NC(N)=N/N=C/c1ccc(N2CCOCC2)cc1. The molecule has 1 aromatic rings. The number of morpholine rings is 1. The first-order valence-electron chi connectivity index (χ1n) is 5.80. The third kappa shape index (κ3) is 3.46. The molecule has 1 aliphatic rings. The van der Waals surface area contributed by atoms with Gasteiger partial charge in [0.25, 0.3) is 0 Å². The Morgan fingerprint density at radius 1 is 1.17 bits per heavy atom. The first-order chi connectivity index (χ1) is 8.75. The van der Waals surface area contributed by atoms with Gasteiger partial charge in [0.1, 0.15) is 0 Å². The van der Waals surface area contributed by atoms with Gasteiger partial charge >= 0.3 is 0 Å². The zero-order chi connectivity index (χ0) is 12.8. The van der Waals surface area contributed by atoms with Crippen molar-refractivity contribution < 1.29 is 4.74 Å². The van der Waals surface area contributed by atoms with Crippen molar-refractivity contribution in [2.45, 2.75) is 0 Å². The normalized spacial score (nSPS) is 15.9. The Hall–Kier alpha value is -2.08. The first kappa shape index (κ1) is 12.4. The van der Waals surface area contributed by atoms with Gasteiger partial charge in [-0.1, -0.05) is 12.1 Å². The summed E-state index contributed by atoms with van der Waals surface area (Å²) in [5, 5.41) is 7.31. The van der Waals surface area contributed by atoms with Crippen LogP contribution in [0.25, 0.3) is 0 Å². The third-order valence-corrected chi connectivity index (χ3v) is 2.65. The number of rotatable bonds is 3. The van der Waals surface area contributed by atoms with Crippen molar-refractivity contribution in [3.8, 4) is 0 Å². The summed E-state index contributed by atoms with van der Waals surface area (Å²) in [4.78, 5) is 2.29. The molecule has 1 heterocycles. The quantitative estimate of drug-likeness (QED) is 0.451. The van der Waals surface area contributed by atoms with Crippen molar-refractivity contribution in [3.05, 3.63) is 29.8 Å². The van der Waals surface area contributed by atoms with Crippen LogP contribution in [-0.2, 0) is 4.74 Å². The molecule has 1 saturated heterocycles. The van der Waals surface area contributed by atoms with E-state index >= 15 is 0 Å². The second kappa shape index (κ2) is 6.02. The Balaban J connectivity index is 2.00. The third-order valence-electron chi connectivity index (χ3n) is 2.65. The molecule has 0 aromatic heterocycles. The van der Waals surface area contributed by atoms with Crippen molar-refractivity contribution in [2.24, 2.45) is 21.7 Å². The van der Waals surface area contributed by atoms with Crippen LogP contribution in [0.4, 0.5) is 5.69 Å². The van der Waals surface area contributed by atoms with Gasteiger partial charge in [0, 0.05) is 18.8 Å². The van der Waals surface area contributed by atoms with Crippen LogP contribution in [0.5, 0.6) is 0 Å². The Kier molecular flexibility index (Phi) is 4.14. The first-order valence-corrected chi connectivity index (χ1v) is 5.80. The van der Waals surface area contributed by atoms with E-state index in [0.29, 0.717) is 0 Å². The van der Waals surface area contributed by atoms with Crippen molar-refractivity contribution in [1.29, 1.82) is 0 Å². The Labute approximate surface area is 106 Å². The summed E-state index contributed by atoms with van der Waals surface area (Å²) in [6.07, 6.45) is 1.61. The maximum atomic E-state index is 5.32. The average Bonchev–Trinajstić information content (AvgIpc) is 2.40. The van der Waals surface area contributed by atoms with E-state index in [1.54, 1.807) is 6.21 Å². The van der Waals surface area contributed by atoms with E-state index in [0.717, 1.165) is 31.9 Å². The molecule has 0 spiro atoms. The van der Waals surface area contributed by atoms with Gasteiger partial charge in [-0.15, -0.1) is 5.10 Å². The summed E-state index contributed by atoms with van der Waals surface area (Å²) in [7, 11) is 0. The molecule has 18 heavy (non-hydrogen) atoms. The molecule has 2 rings (SSSR count). The van der Waals surface area contributed by atoms with Gasteiger partial charge < -0.3 is 21.1 Å². The highest BCUT2D eigenvalue weighted by molar-refractivity contribution is 5.82. The highest BCUT2D eigenvalue weighted by Crippen LogP contribution is 2.15. The molecular weight excluding hydrogens is 230 g/mol. The molecule has 0 atom stereocenters. The van der Waals surface area contributed by atoms with Gasteiger partial charge in [-0.05, 0) is 17.7 Å². The number of anilines is 1. The maximum Gasteiger partial charge on any atom is 0.211 e. The molecule has 4 N–H and O–H groups in total. The molecule has 1 fully saturated rings. The second-order valence-corrected chi connectivity index (χ2v) is 3.96. The molecule has 0 saturated carbocycles. The van der Waals surface area contributed by atoms with Crippen molar-refractivity contribution in [2.75, 3.05) is 31.2 Å². The molecule has 6 nitrogen and oxygen atoms in total. The van der Waals surface area contributed by atoms with Crippen LogP contribution in [0.2, 0.25) is 0 Å². The van der Waals surface area contributed by atoms with Gasteiger partial charge in [-0.25, -0.2) is 0 Å². The number of hydrogen-bond acceptors (Lipinski definition) is 4. The fourth-order valence-electron chi connectivity index (χ4n) is 1.75. The summed E-state index contributed by atoms with van der Waals surface area (Å²) < 4.78 is 5.32. The largest absolute Gasteiger partial charge is 0.378 e. The fraction of sp³-hybridized carbons (Fsp3) is 0.333. The lowest BCUT2D eigenvalue weighted by Crippen LogP contribution is -2.36.